The van der Waals surface area contributed by atoms with Crippen molar-refractivity contribution in [1.29, 1.82) is 0 Å². The van der Waals surface area contributed by atoms with E-state index in [-0.39, 0.29) is 0 Å². The van der Waals surface area contributed by atoms with Gasteiger partial charge in [-0.2, -0.15) is 0 Å². The average Bonchev–Trinajstić information content (AvgIpc) is 3.38. The Labute approximate surface area is 183 Å². The third kappa shape index (κ3) is 3.30. The second kappa shape index (κ2) is 7.34. The number of aromatic nitrogens is 1. The molecule has 0 atom stereocenters. The molecule has 5 heteroatoms. The van der Waals surface area contributed by atoms with Crippen LogP contribution in [0.25, 0.3) is 5.57 Å². The molecule has 0 radical (unpaired) electrons. The number of benzene rings is 2. The Hall–Kier alpha value is -3.47. The van der Waals surface area contributed by atoms with Crippen molar-refractivity contribution in [2.45, 2.75) is 34.6 Å². The fraction of sp³-hybridized carbons (Fsp3) is 0.192. The van der Waals surface area contributed by atoms with E-state index >= 15 is 0 Å². The molecule has 0 spiro atoms. The zero-order chi connectivity index (χ0) is 21.7. The van der Waals surface area contributed by atoms with E-state index in [9.17, 15) is 0 Å². The molecule has 5 rings (SSSR count). The first-order chi connectivity index (χ1) is 14.9. The molecule has 1 aromatic heterocycles. The van der Waals surface area contributed by atoms with E-state index in [1.54, 1.807) is 0 Å². The maximum Gasteiger partial charge on any atom is 0.743 e. The molecule has 0 aliphatic carbocycles. The van der Waals surface area contributed by atoms with Gasteiger partial charge in [-0.05, 0) is 75.6 Å². The largest absolute Gasteiger partial charge is 0.743 e. The molecular formula is C26H25BN2O2. The first kappa shape index (κ1) is 19.5. The van der Waals surface area contributed by atoms with Crippen LogP contribution in [0.4, 0.5) is 0 Å². The van der Waals surface area contributed by atoms with Crippen LogP contribution in [0.3, 0.4) is 0 Å². The first-order valence-corrected chi connectivity index (χ1v) is 10.6. The summed E-state index contributed by atoms with van der Waals surface area (Å²) in [5.41, 5.74) is 9.95. The van der Waals surface area contributed by atoms with Crippen molar-refractivity contribution in [2.75, 3.05) is 0 Å². The summed E-state index contributed by atoms with van der Waals surface area (Å²) in [7, 11) is -0.557. The highest BCUT2D eigenvalue weighted by atomic mass is 16.6. The minimum Gasteiger partial charge on any atom is -0.503 e. The van der Waals surface area contributed by atoms with Gasteiger partial charge in [0.2, 0.25) is 0 Å². The molecule has 2 aromatic carbocycles. The molecule has 3 heterocycles. The smallest absolute Gasteiger partial charge is 0.503 e. The van der Waals surface area contributed by atoms with Crippen LogP contribution in [0.5, 0.6) is 11.5 Å². The van der Waals surface area contributed by atoms with Crippen molar-refractivity contribution in [1.82, 2.24) is 4.48 Å². The molecule has 0 amide bonds. The van der Waals surface area contributed by atoms with Gasteiger partial charge < -0.3 is 13.8 Å². The fourth-order valence-electron chi connectivity index (χ4n) is 4.44. The van der Waals surface area contributed by atoms with Crippen LogP contribution in [0.15, 0.2) is 76.9 Å². The lowest BCUT2D eigenvalue weighted by Gasteiger charge is -2.19. The Kier molecular flexibility index (Phi) is 4.62. The topological polar surface area (TPSA) is 35.8 Å². The monoisotopic (exact) mass is 408 g/mol. The van der Waals surface area contributed by atoms with Crippen LogP contribution in [-0.4, -0.2) is 17.4 Å². The van der Waals surface area contributed by atoms with Gasteiger partial charge in [-0.25, -0.2) is 0 Å². The molecule has 4 nitrogen and oxygen atoms in total. The minimum atomic E-state index is -0.557. The van der Waals surface area contributed by atoms with Gasteiger partial charge in [0.25, 0.3) is 0 Å². The van der Waals surface area contributed by atoms with Crippen LogP contribution < -0.4 is 9.31 Å². The SMILES string of the molecule is CC1=CC(C)=N/C1=C(/c1ccc(C)cc1)c1c(C)cc(C)n1B1Oc2ccccc2O1. The normalized spacial score (nSPS) is 16.5. The summed E-state index contributed by atoms with van der Waals surface area (Å²) in [5, 5.41) is 0. The summed E-state index contributed by atoms with van der Waals surface area (Å²) >= 11 is 0. The van der Waals surface area contributed by atoms with Gasteiger partial charge in [0, 0.05) is 22.7 Å². The molecule has 3 aromatic rings. The third-order valence-electron chi connectivity index (χ3n) is 5.84. The Morgan fingerprint density at radius 1 is 0.871 bits per heavy atom. The number of aryl methyl sites for hydroxylation is 3. The van der Waals surface area contributed by atoms with Crippen LogP contribution >= 0.6 is 0 Å². The van der Waals surface area contributed by atoms with E-state index in [4.69, 9.17) is 14.3 Å². The maximum absolute atomic E-state index is 6.21. The predicted octanol–water partition coefficient (Wildman–Crippen LogP) is 5.90. The van der Waals surface area contributed by atoms with Crippen molar-refractivity contribution in [2.24, 2.45) is 4.99 Å². The fourth-order valence-corrected chi connectivity index (χ4v) is 4.44. The van der Waals surface area contributed by atoms with Gasteiger partial charge >= 0.3 is 7.25 Å². The second-order valence-electron chi connectivity index (χ2n) is 8.35. The molecule has 0 fully saturated rings. The van der Waals surface area contributed by atoms with E-state index in [0.29, 0.717) is 0 Å². The molecule has 0 unspecified atom stereocenters. The van der Waals surface area contributed by atoms with Gasteiger partial charge in [0.1, 0.15) is 11.5 Å². The molecule has 0 saturated heterocycles. The Bertz CT molecular complexity index is 1250. The summed E-state index contributed by atoms with van der Waals surface area (Å²) in [5.74, 6) is 1.53. The van der Waals surface area contributed by atoms with E-state index in [0.717, 1.165) is 56.6 Å². The summed E-state index contributed by atoms with van der Waals surface area (Å²) < 4.78 is 14.6. The van der Waals surface area contributed by atoms with Crippen LogP contribution in [0.1, 0.15) is 41.9 Å². The molecule has 0 saturated carbocycles. The number of nitrogens with zero attached hydrogens (tertiary/aromatic N) is 2. The van der Waals surface area contributed by atoms with Gasteiger partial charge in [0.05, 0.1) is 5.70 Å². The van der Waals surface area contributed by atoms with Crippen LogP contribution in [0.2, 0.25) is 0 Å². The number of hydrogen-bond acceptors (Lipinski definition) is 3. The molecule has 2 aliphatic rings. The van der Waals surface area contributed by atoms with Gasteiger partial charge in [-0.1, -0.05) is 42.0 Å². The van der Waals surface area contributed by atoms with Crippen molar-refractivity contribution in [3.8, 4) is 11.5 Å². The van der Waals surface area contributed by atoms with Crippen LogP contribution in [-0.2, 0) is 0 Å². The maximum atomic E-state index is 6.21. The Morgan fingerprint density at radius 2 is 1.52 bits per heavy atom. The van der Waals surface area contributed by atoms with Crippen molar-refractivity contribution in [3.05, 3.63) is 100 Å². The van der Waals surface area contributed by atoms with Gasteiger partial charge in [0.15, 0.2) is 0 Å². The highest BCUT2D eigenvalue weighted by Gasteiger charge is 2.39. The van der Waals surface area contributed by atoms with Crippen molar-refractivity contribution >= 4 is 18.5 Å². The quantitative estimate of drug-likeness (QED) is 0.506. The molecule has 31 heavy (non-hydrogen) atoms. The summed E-state index contributed by atoms with van der Waals surface area (Å²) in [4.78, 5) is 4.91. The zero-order valence-corrected chi connectivity index (χ0v) is 18.6. The summed E-state index contributed by atoms with van der Waals surface area (Å²) in [6.07, 6.45) is 2.14. The molecule has 0 N–H and O–H groups in total. The molecule has 0 bridgehead atoms. The minimum absolute atomic E-state index is 0.557. The number of allylic oxidation sites excluding steroid dienone is 2. The van der Waals surface area contributed by atoms with Gasteiger partial charge in [-0.3, -0.25) is 4.99 Å². The van der Waals surface area contributed by atoms with Crippen molar-refractivity contribution < 1.29 is 9.31 Å². The lowest BCUT2D eigenvalue weighted by Crippen LogP contribution is -2.36. The average molecular weight is 408 g/mol. The zero-order valence-electron chi connectivity index (χ0n) is 18.6. The number of rotatable bonds is 3. The number of aliphatic imine (C=N–C) groups is 1. The Balaban J connectivity index is 1.73. The molecule has 154 valence electrons. The van der Waals surface area contributed by atoms with E-state index in [1.165, 1.54) is 5.56 Å². The second-order valence-corrected chi connectivity index (χ2v) is 8.35. The Morgan fingerprint density at radius 3 is 2.10 bits per heavy atom. The van der Waals surface area contributed by atoms with Crippen LogP contribution in [0, 0.1) is 20.8 Å². The standard InChI is InChI=1S/C26H25BN2O2/c1-16-10-12-21(13-11-16)24(25-17(2)14-19(4)28-25)26-18(3)15-20(5)29(26)27-30-22-8-6-7-9-23(22)31-27/h6-15H,1-5H3/b25-24-. The lowest BCUT2D eigenvalue weighted by molar-refractivity contribution is 0.478. The number of hydrogen-bond donors (Lipinski definition) is 0. The van der Waals surface area contributed by atoms with E-state index in [1.807, 2.05) is 31.2 Å². The first-order valence-electron chi connectivity index (χ1n) is 10.6. The van der Waals surface area contributed by atoms with E-state index < -0.39 is 7.25 Å². The highest BCUT2D eigenvalue weighted by molar-refractivity contribution is 6.46. The van der Waals surface area contributed by atoms with Crippen molar-refractivity contribution in [3.63, 3.8) is 0 Å². The predicted molar refractivity (Wildman–Crippen MR) is 127 cm³/mol. The number of para-hydroxylation sites is 2. The lowest BCUT2D eigenvalue weighted by atomic mass is 9.93. The summed E-state index contributed by atoms with van der Waals surface area (Å²) in [6.45, 7) is 10.5. The molecular weight excluding hydrogens is 383 g/mol. The van der Waals surface area contributed by atoms with E-state index in [2.05, 4.69) is 68.6 Å². The summed E-state index contributed by atoms with van der Waals surface area (Å²) in [6, 6.07) is 18.6. The number of fused-ring (bicyclic) bond motifs is 1. The third-order valence-corrected chi connectivity index (χ3v) is 5.84. The van der Waals surface area contributed by atoms with Gasteiger partial charge in [-0.15, -0.1) is 0 Å². The molecule has 2 aliphatic heterocycles. The highest BCUT2D eigenvalue weighted by Crippen LogP contribution is 2.39.